The monoisotopic (exact) mass is 1410 g/mol. The molecule has 12 rings (SSSR count). The molecule has 102 heavy (non-hydrogen) atoms. The van der Waals surface area contributed by atoms with Gasteiger partial charge in [-0.3, -0.25) is 53.4 Å². The zero-order valence-corrected chi connectivity index (χ0v) is 58.5. The molecule has 9 amide bonds. The van der Waals surface area contributed by atoms with Crippen molar-refractivity contribution < 1.29 is 67.6 Å². The number of carboxylic acid groups (broad SMARTS) is 2. The molecule has 4 aromatic heterocycles. The second-order valence-electron chi connectivity index (χ2n) is 28.6. The lowest BCUT2D eigenvalue weighted by atomic mass is 9.39. The Hall–Kier alpha value is -10.5. The molecule has 0 radical (unpaired) electrons. The van der Waals surface area contributed by atoms with Crippen LogP contribution in [-0.4, -0.2) is 155 Å². The van der Waals surface area contributed by atoms with Crippen molar-refractivity contribution in [2.75, 3.05) is 43.4 Å². The molecule has 27 nitrogen and oxygen atoms in total. The van der Waals surface area contributed by atoms with Gasteiger partial charge in [-0.25, -0.2) is 24.4 Å². The first-order valence-corrected chi connectivity index (χ1v) is 35.2. The van der Waals surface area contributed by atoms with Gasteiger partial charge in [0.1, 0.15) is 18.7 Å². The van der Waals surface area contributed by atoms with Crippen molar-refractivity contribution in [2.24, 2.45) is 27.9 Å². The molecule has 0 spiro atoms. The van der Waals surface area contributed by atoms with Gasteiger partial charge in [0, 0.05) is 91.0 Å². The number of aromatic nitrogens is 5. The van der Waals surface area contributed by atoms with Crippen LogP contribution in [0, 0.1) is 29.1 Å². The highest BCUT2D eigenvalue weighted by atomic mass is 32.1. The molecule has 4 fully saturated rings. The van der Waals surface area contributed by atoms with Gasteiger partial charge in [0.15, 0.2) is 10.8 Å². The number of carboxylic acids is 2. The highest BCUT2D eigenvalue weighted by molar-refractivity contribution is 7.22. The van der Waals surface area contributed by atoms with E-state index in [9.17, 15) is 58.2 Å². The summed E-state index contributed by atoms with van der Waals surface area (Å²) in [5.74, 6) is -5.37. The number of amides is 9. The number of rotatable bonds is 32. The molecule has 5 heterocycles. The lowest BCUT2D eigenvalue weighted by Crippen LogP contribution is -2.64. The number of aliphatic carboxylic acids is 1. The van der Waals surface area contributed by atoms with Crippen LogP contribution in [0.2, 0.25) is 0 Å². The van der Waals surface area contributed by atoms with Crippen LogP contribution in [0.3, 0.4) is 0 Å². The molecule has 4 saturated carbocycles. The number of unbranched alkanes of at least 4 members (excludes halogenated alkanes) is 2. The number of nitrogens with zero attached hydrogens (tertiary/aromatic N) is 7. The van der Waals surface area contributed by atoms with E-state index in [1.807, 2.05) is 35.9 Å². The number of nitrogens with one attached hydrogen (secondary N) is 5. The largest absolute Gasteiger partial charge is 0.481 e. The van der Waals surface area contributed by atoms with Crippen LogP contribution >= 0.6 is 11.3 Å². The van der Waals surface area contributed by atoms with Crippen molar-refractivity contribution in [1.29, 1.82) is 0 Å². The number of thiazole rings is 1. The first kappa shape index (κ1) is 72.8. The number of fused-ring (bicyclic) bond motifs is 2. The number of nitrogens with two attached hydrogens (primary N) is 1. The van der Waals surface area contributed by atoms with Crippen LogP contribution < -0.4 is 32.3 Å². The Labute approximate surface area is 592 Å². The Morgan fingerprint density at radius 3 is 2.22 bits per heavy atom. The summed E-state index contributed by atoms with van der Waals surface area (Å²) in [5, 5.41) is 40.2. The fraction of sp³-hybridized carbons (Fsp3) is 0.432. The fourth-order valence-electron chi connectivity index (χ4n) is 16.2. The van der Waals surface area contributed by atoms with Crippen molar-refractivity contribution >= 4 is 103 Å². The first-order valence-electron chi connectivity index (χ1n) is 34.3. The number of imide groups is 1. The van der Waals surface area contributed by atoms with Crippen LogP contribution in [0.1, 0.15) is 143 Å². The van der Waals surface area contributed by atoms with E-state index in [0.29, 0.717) is 87.5 Å². The lowest BCUT2D eigenvalue weighted by Gasteiger charge is -2.69. The van der Waals surface area contributed by atoms with E-state index in [2.05, 4.69) is 50.4 Å². The second-order valence-corrected chi connectivity index (χ2v) is 29.6. The van der Waals surface area contributed by atoms with Gasteiger partial charge < -0.3 is 51.6 Å². The van der Waals surface area contributed by atoms with Crippen molar-refractivity contribution in [1.82, 2.24) is 50.5 Å². The minimum absolute atomic E-state index is 0.0510. The van der Waals surface area contributed by atoms with Gasteiger partial charge in [-0.05, 0) is 153 Å². The number of urea groups is 1. The van der Waals surface area contributed by atoms with Gasteiger partial charge >= 0.3 is 24.1 Å². The maximum Gasteiger partial charge on any atom is 0.410 e. The number of ether oxygens (including phenoxy) is 2. The van der Waals surface area contributed by atoms with E-state index >= 15 is 0 Å². The van der Waals surface area contributed by atoms with Crippen LogP contribution in [0.4, 0.5) is 20.4 Å². The molecular weight excluding hydrogens is 1330 g/mol. The number of hydrogen-bond acceptors (Lipinski definition) is 17. The molecule has 3 aromatic carbocycles. The van der Waals surface area contributed by atoms with Crippen molar-refractivity contribution in [2.45, 2.75) is 149 Å². The average molecular weight is 1410 g/mol. The van der Waals surface area contributed by atoms with E-state index in [1.165, 1.54) is 28.4 Å². The molecule has 2 unspecified atom stereocenters. The molecule has 536 valence electrons. The summed E-state index contributed by atoms with van der Waals surface area (Å²) >= 11 is 1.37. The Morgan fingerprint density at radius 2 is 1.51 bits per heavy atom. The number of carbonyl (C=O) groups excluding carboxylic acids is 8. The maximum atomic E-state index is 13.9. The molecule has 0 saturated heterocycles. The van der Waals surface area contributed by atoms with Crippen LogP contribution in [0.25, 0.3) is 43.5 Å². The molecule has 28 heteroatoms. The van der Waals surface area contributed by atoms with Gasteiger partial charge in [-0.1, -0.05) is 75.8 Å². The van der Waals surface area contributed by atoms with Crippen molar-refractivity contribution in [3.05, 3.63) is 132 Å². The van der Waals surface area contributed by atoms with Crippen molar-refractivity contribution in [3.63, 3.8) is 0 Å². The first-order chi connectivity index (χ1) is 48.7. The standard InChI is InChI=1S/C74H85N13O14S/c1-44(2)62(83-58(88)15-7-6-10-30-86-59(89)24-25-60(86)90)66(95)81-56(13-11-28-77-68(75)98)65(94)79-48-19-16-46(17-20-48)36-100-70(99)85(31-27-61(91)92)32-33-101-74-40-71(4)37-72(5,41-74)39-73(38-71,42-74)43-87-45(3)52(35-78-87)49-21-23-53(80-63(49)67(96)97)47-18-22-54-51(34-47)50(26-29-76-54)64(93)84-69-82-55-12-8-9-14-57(55)102-69/h8-9,12,14,16-26,29,34-35,44,56,62H,6-7,10-11,13,15,27-28,30-33,36-43H2,1-5H3,(H,79,94)(H,81,95)(H,83,88)(H,91,92)(H,96,97)(H3,75,77,98)(H,82,84,93)/t56-,62-,71?,72?,73?,74?/m0/s1. The smallest absolute Gasteiger partial charge is 0.410 e. The van der Waals surface area contributed by atoms with Crippen molar-refractivity contribution in [3.8, 4) is 22.4 Å². The Balaban J connectivity index is 0.700. The summed E-state index contributed by atoms with van der Waals surface area (Å²) in [7, 11) is 0. The normalized spacial score (nSPS) is 20.2. The molecule has 4 atom stereocenters. The number of hydrogen-bond donors (Lipinski definition) is 8. The van der Waals surface area contributed by atoms with Crippen LogP contribution in [0.15, 0.2) is 109 Å². The minimum Gasteiger partial charge on any atom is -0.481 e. The van der Waals surface area contributed by atoms with E-state index in [1.54, 1.807) is 86.9 Å². The zero-order chi connectivity index (χ0) is 72.7. The molecule has 4 aliphatic carbocycles. The third-order valence-corrected chi connectivity index (χ3v) is 20.6. The summed E-state index contributed by atoms with van der Waals surface area (Å²) < 4.78 is 15.7. The summed E-state index contributed by atoms with van der Waals surface area (Å²) in [4.78, 5) is 145. The van der Waals surface area contributed by atoms with Gasteiger partial charge in [0.25, 0.3) is 17.7 Å². The Kier molecular flexibility index (Phi) is 22.0. The SMILES string of the molecule is Cc1c(-c2ccc(-c3ccc4nccc(C(=O)Nc5nc6ccccc6s5)c4c3)nc2C(=O)O)cnn1CC12CC3(C)CC(C)(C1)CC(OCCN(CCC(=O)O)C(=O)OCc1ccc(NC(=O)[C@H](CCCNC(N)=O)NC(=O)[C@@H](NC(=O)CCCCCN4C(=O)C=CC4=O)C(C)C)cc1)(C3)C2. The summed E-state index contributed by atoms with van der Waals surface area (Å²) in [6.45, 7) is 10.8. The van der Waals surface area contributed by atoms with Gasteiger partial charge in [-0.15, -0.1) is 0 Å². The Bertz CT molecular complexity index is 4370. The molecule has 9 N–H and O–H groups in total. The molecule has 1 aliphatic heterocycles. The maximum absolute atomic E-state index is 13.9. The number of primary amides is 1. The summed E-state index contributed by atoms with van der Waals surface area (Å²) in [6, 6.07) is 21.7. The Morgan fingerprint density at radius 1 is 0.765 bits per heavy atom. The third kappa shape index (κ3) is 17.3. The zero-order valence-electron chi connectivity index (χ0n) is 57.7. The summed E-state index contributed by atoms with van der Waals surface area (Å²) in [5.41, 5.74) is 9.49. The van der Waals surface area contributed by atoms with E-state index in [4.69, 9.17) is 25.3 Å². The predicted octanol–water partition coefficient (Wildman–Crippen LogP) is 9.78. The number of para-hydroxylation sites is 1. The van der Waals surface area contributed by atoms with Crippen LogP contribution in [0.5, 0.6) is 0 Å². The third-order valence-electron chi connectivity index (χ3n) is 19.7. The number of anilines is 2. The fourth-order valence-corrected chi connectivity index (χ4v) is 17.1. The van der Waals surface area contributed by atoms with Gasteiger partial charge in [-0.2, -0.15) is 5.10 Å². The molecule has 4 bridgehead atoms. The van der Waals surface area contributed by atoms with Crippen LogP contribution in [-0.2, 0) is 51.4 Å². The number of benzene rings is 3. The van der Waals surface area contributed by atoms with E-state index < -0.39 is 53.6 Å². The highest BCUT2D eigenvalue weighted by Gasteiger charge is 2.66. The average Bonchev–Trinajstić information content (AvgIpc) is 0.790. The molecular formula is C74H85N13O14S. The number of aromatic carboxylic acids is 1. The van der Waals surface area contributed by atoms with Gasteiger partial charge in [0.2, 0.25) is 17.7 Å². The van der Waals surface area contributed by atoms with E-state index in [0.717, 1.165) is 52.9 Å². The number of pyridine rings is 2. The van der Waals surface area contributed by atoms with E-state index in [-0.39, 0.29) is 117 Å². The highest BCUT2D eigenvalue weighted by Crippen LogP contribution is 2.72. The quantitative estimate of drug-likeness (QED) is 0.0144. The topological polar surface area (TPSA) is 379 Å². The molecule has 7 aromatic rings. The second kappa shape index (κ2) is 30.8. The summed E-state index contributed by atoms with van der Waals surface area (Å²) in [6.07, 6.45) is 11.7. The lowest BCUT2D eigenvalue weighted by molar-refractivity contribution is -0.248. The molecule has 5 aliphatic rings. The van der Waals surface area contributed by atoms with Gasteiger partial charge in [0.05, 0.1) is 51.8 Å². The predicted molar refractivity (Wildman–Crippen MR) is 379 cm³/mol. The number of carbonyl (C=O) groups is 10. The minimum atomic E-state index is -1.22.